The number of nitrogens with one attached hydrogen (secondary N) is 1. The van der Waals surface area contributed by atoms with E-state index in [2.05, 4.69) is 15.5 Å². The van der Waals surface area contributed by atoms with E-state index in [0.29, 0.717) is 11.9 Å². The minimum Gasteiger partial charge on any atom is -0.372 e. The van der Waals surface area contributed by atoms with Crippen LogP contribution in [-0.2, 0) is 12.7 Å². The number of nitrogens with zero attached hydrogens (tertiary/aromatic N) is 4. The molecule has 130 valence electrons. The molecule has 2 aromatic rings. The first-order valence-corrected chi connectivity index (χ1v) is 7.16. The highest BCUT2D eigenvalue weighted by Crippen LogP contribution is 2.40. The van der Waals surface area contributed by atoms with Gasteiger partial charge in [-0.1, -0.05) is 11.6 Å². The van der Waals surface area contributed by atoms with Crippen molar-refractivity contribution in [2.24, 2.45) is 0 Å². The maximum Gasteiger partial charge on any atom is 0.418 e. The molecule has 0 aliphatic rings. The molecule has 0 bridgehead atoms. The number of benzene rings is 1. The van der Waals surface area contributed by atoms with Crippen molar-refractivity contribution in [1.82, 2.24) is 14.8 Å². The monoisotopic (exact) mass is 363 g/mol. The normalized spacial score (nSPS) is 11.8. The van der Waals surface area contributed by atoms with Crippen molar-refractivity contribution in [1.29, 1.82) is 0 Å². The second-order valence-electron chi connectivity index (χ2n) is 5.21. The molecule has 7 nitrogen and oxygen atoms in total. The molecule has 0 radical (unpaired) electrons. The van der Waals surface area contributed by atoms with E-state index in [1.165, 1.54) is 6.33 Å². The lowest BCUT2D eigenvalue weighted by molar-refractivity contribution is -0.384. The van der Waals surface area contributed by atoms with Crippen molar-refractivity contribution in [3.8, 4) is 0 Å². The largest absolute Gasteiger partial charge is 0.418 e. The van der Waals surface area contributed by atoms with Gasteiger partial charge in [-0.2, -0.15) is 13.2 Å². The molecular weight excluding hydrogens is 351 g/mol. The van der Waals surface area contributed by atoms with E-state index in [-0.39, 0.29) is 18.3 Å². The fourth-order valence-electron chi connectivity index (χ4n) is 2.07. The van der Waals surface area contributed by atoms with Crippen LogP contribution in [0.4, 0.5) is 24.5 Å². The average Bonchev–Trinajstić information content (AvgIpc) is 2.91. The number of halogens is 4. The Kier molecular flexibility index (Phi) is 4.97. The average molecular weight is 364 g/mol. The summed E-state index contributed by atoms with van der Waals surface area (Å²) in [7, 11) is 0. The van der Waals surface area contributed by atoms with Crippen molar-refractivity contribution in [2.75, 3.05) is 5.32 Å². The lowest BCUT2D eigenvalue weighted by atomic mass is 10.1. The summed E-state index contributed by atoms with van der Waals surface area (Å²) in [6.07, 6.45) is -3.28. The van der Waals surface area contributed by atoms with Gasteiger partial charge in [0.05, 0.1) is 22.1 Å². The minimum atomic E-state index is -4.78. The standard InChI is InChI=1S/C13H13ClF3N5O2/c1-7(2)21-6-19-20-12(21)5-18-10-4-9(14)8(13(15,16)17)3-11(10)22(23)24/h3-4,6-7,18H,5H2,1-2H3. The van der Waals surface area contributed by atoms with Crippen molar-refractivity contribution in [3.63, 3.8) is 0 Å². The zero-order valence-electron chi connectivity index (χ0n) is 12.6. The Bertz CT molecular complexity index is 761. The van der Waals surface area contributed by atoms with Gasteiger partial charge in [0.15, 0.2) is 5.82 Å². The summed E-state index contributed by atoms with van der Waals surface area (Å²) >= 11 is 5.62. The summed E-state index contributed by atoms with van der Waals surface area (Å²) in [5.41, 5.74) is -2.11. The Morgan fingerprint density at radius 2 is 2.08 bits per heavy atom. The lowest BCUT2D eigenvalue weighted by Crippen LogP contribution is -2.12. The summed E-state index contributed by atoms with van der Waals surface area (Å²) in [6.45, 7) is 3.83. The molecule has 1 aromatic carbocycles. The smallest absolute Gasteiger partial charge is 0.372 e. The van der Waals surface area contributed by atoms with E-state index in [1.54, 1.807) is 4.57 Å². The first-order chi connectivity index (χ1) is 11.1. The molecule has 0 unspecified atom stereocenters. The van der Waals surface area contributed by atoms with Gasteiger partial charge in [-0.3, -0.25) is 10.1 Å². The second kappa shape index (κ2) is 6.63. The summed E-state index contributed by atoms with van der Waals surface area (Å²) in [5.74, 6) is 0.482. The zero-order chi connectivity index (χ0) is 18.1. The second-order valence-corrected chi connectivity index (χ2v) is 5.61. The third kappa shape index (κ3) is 3.75. The van der Waals surface area contributed by atoms with Gasteiger partial charge >= 0.3 is 6.18 Å². The number of alkyl halides is 3. The summed E-state index contributed by atoms with van der Waals surface area (Å²) < 4.78 is 40.2. The van der Waals surface area contributed by atoms with Crippen LogP contribution in [-0.4, -0.2) is 19.7 Å². The Hall–Kier alpha value is -2.36. The van der Waals surface area contributed by atoms with Crippen LogP contribution in [0.25, 0.3) is 0 Å². The van der Waals surface area contributed by atoms with E-state index in [9.17, 15) is 23.3 Å². The number of nitro benzene ring substituents is 1. The molecule has 1 heterocycles. The van der Waals surface area contributed by atoms with Gasteiger partial charge in [0.2, 0.25) is 0 Å². The SMILES string of the molecule is CC(C)n1cnnc1CNc1cc(Cl)c(C(F)(F)F)cc1[N+](=O)[O-]. The van der Waals surface area contributed by atoms with Crippen molar-refractivity contribution in [2.45, 2.75) is 32.6 Å². The van der Waals surface area contributed by atoms with Gasteiger partial charge in [0.25, 0.3) is 5.69 Å². The number of hydrogen-bond acceptors (Lipinski definition) is 5. The maximum atomic E-state index is 12.8. The molecule has 0 aliphatic heterocycles. The quantitative estimate of drug-likeness (QED) is 0.639. The van der Waals surface area contributed by atoms with E-state index >= 15 is 0 Å². The highest BCUT2D eigenvalue weighted by atomic mass is 35.5. The predicted molar refractivity (Wildman–Crippen MR) is 80.8 cm³/mol. The van der Waals surface area contributed by atoms with Crippen LogP contribution in [0.15, 0.2) is 18.5 Å². The number of aromatic nitrogens is 3. The third-order valence-corrected chi connectivity index (χ3v) is 3.54. The Balaban J connectivity index is 2.34. The molecule has 0 aliphatic carbocycles. The van der Waals surface area contributed by atoms with Crippen molar-refractivity contribution in [3.05, 3.63) is 45.0 Å². The molecule has 1 aromatic heterocycles. The number of hydrogen-bond donors (Lipinski definition) is 1. The highest BCUT2D eigenvalue weighted by Gasteiger charge is 2.36. The van der Waals surface area contributed by atoms with Gasteiger partial charge in [-0.15, -0.1) is 10.2 Å². The van der Waals surface area contributed by atoms with Crippen molar-refractivity contribution < 1.29 is 18.1 Å². The number of rotatable bonds is 5. The topological polar surface area (TPSA) is 85.9 Å². The maximum absolute atomic E-state index is 12.8. The fourth-order valence-corrected chi connectivity index (χ4v) is 2.34. The Labute approximate surface area is 139 Å². The molecule has 11 heteroatoms. The van der Waals surface area contributed by atoms with E-state index in [1.807, 2.05) is 13.8 Å². The minimum absolute atomic E-state index is 0.0424. The van der Waals surface area contributed by atoms with Crippen molar-refractivity contribution >= 4 is 23.0 Å². The van der Waals surface area contributed by atoms with Crippen LogP contribution in [0.2, 0.25) is 5.02 Å². The number of anilines is 1. The third-order valence-electron chi connectivity index (χ3n) is 3.23. The van der Waals surface area contributed by atoms with Gasteiger partial charge < -0.3 is 9.88 Å². The van der Waals surface area contributed by atoms with Crippen LogP contribution < -0.4 is 5.32 Å². The summed E-state index contributed by atoms with van der Waals surface area (Å²) in [5, 5.41) is 20.8. The van der Waals surface area contributed by atoms with Crippen LogP contribution in [0.1, 0.15) is 31.3 Å². The van der Waals surface area contributed by atoms with Gasteiger partial charge in [0.1, 0.15) is 12.0 Å². The first kappa shape index (κ1) is 18.0. The molecule has 0 spiro atoms. The Morgan fingerprint density at radius 1 is 1.42 bits per heavy atom. The summed E-state index contributed by atoms with van der Waals surface area (Å²) in [4.78, 5) is 10.2. The molecule has 0 saturated heterocycles. The summed E-state index contributed by atoms with van der Waals surface area (Å²) in [6, 6.07) is 1.36. The Morgan fingerprint density at radius 3 is 2.62 bits per heavy atom. The molecular formula is C13H13ClF3N5O2. The van der Waals surface area contributed by atoms with E-state index < -0.39 is 27.4 Å². The number of nitro groups is 1. The molecule has 0 amide bonds. The highest BCUT2D eigenvalue weighted by molar-refractivity contribution is 6.31. The molecule has 0 atom stereocenters. The molecule has 0 fully saturated rings. The van der Waals surface area contributed by atoms with Gasteiger partial charge in [-0.05, 0) is 19.9 Å². The fraction of sp³-hybridized carbons (Fsp3) is 0.385. The first-order valence-electron chi connectivity index (χ1n) is 6.78. The van der Waals surface area contributed by atoms with Crippen LogP contribution in [0, 0.1) is 10.1 Å². The van der Waals surface area contributed by atoms with Gasteiger partial charge in [0, 0.05) is 12.1 Å². The molecule has 2 rings (SSSR count). The van der Waals surface area contributed by atoms with E-state index in [4.69, 9.17) is 11.6 Å². The molecule has 0 saturated carbocycles. The van der Waals surface area contributed by atoms with Crippen LogP contribution >= 0.6 is 11.6 Å². The lowest BCUT2D eigenvalue weighted by Gasteiger charge is -2.14. The van der Waals surface area contributed by atoms with E-state index in [0.717, 1.165) is 6.07 Å². The molecule has 1 N–H and O–H groups in total. The zero-order valence-corrected chi connectivity index (χ0v) is 13.4. The molecule has 24 heavy (non-hydrogen) atoms. The van der Waals surface area contributed by atoms with Crippen LogP contribution in [0.3, 0.4) is 0 Å². The van der Waals surface area contributed by atoms with Gasteiger partial charge in [-0.25, -0.2) is 0 Å². The van der Waals surface area contributed by atoms with Crippen LogP contribution in [0.5, 0.6) is 0 Å². The predicted octanol–water partition coefficient (Wildman–Crippen LogP) is 4.05.